The Balaban J connectivity index is 2.25. The molecule has 0 bridgehead atoms. The van der Waals surface area contributed by atoms with Crippen LogP contribution in [0.25, 0.3) is 0 Å². The van der Waals surface area contributed by atoms with Crippen LogP contribution in [0, 0.1) is 11.3 Å². The summed E-state index contributed by atoms with van der Waals surface area (Å²) >= 11 is 0. The fraction of sp³-hybridized carbons (Fsp3) is 0.571. The van der Waals surface area contributed by atoms with Gasteiger partial charge in [-0.3, -0.25) is 0 Å². The molecule has 0 aliphatic carbocycles. The number of rotatable bonds is 11. The summed E-state index contributed by atoms with van der Waals surface area (Å²) in [5, 5.41) is 0. The molecular weight excluding hydrogens is 415 g/mol. The quantitative estimate of drug-likeness (QED) is 0.315. The summed E-state index contributed by atoms with van der Waals surface area (Å²) in [6.45, 7) is 17.5. The minimum atomic E-state index is -3.40. The summed E-state index contributed by atoms with van der Waals surface area (Å²) < 4.78 is 26.1. The van der Waals surface area contributed by atoms with Crippen LogP contribution in [-0.2, 0) is 4.57 Å². The van der Waals surface area contributed by atoms with E-state index in [4.69, 9.17) is 9.05 Å². The highest BCUT2D eigenvalue weighted by atomic mass is 31.2. The van der Waals surface area contributed by atoms with E-state index in [1.807, 2.05) is 24.3 Å². The molecule has 0 aromatic heterocycles. The van der Waals surface area contributed by atoms with Crippen molar-refractivity contribution in [1.29, 1.82) is 0 Å². The van der Waals surface area contributed by atoms with E-state index in [1.165, 1.54) is 11.1 Å². The van der Waals surface area contributed by atoms with Crippen LogP contribution in [0.15, 0.2) is 48.5 Å². The molecule has 32 heavy (non-hydrogen) atoms. The van der Waals surface area contributed by atoms with Crippen LogP contribution in [0.1, 0.15) is 97.6 Å². The van der Waals surface area contributed by atoms with Gasteiger partial charge in [-0.05, 0) is 77.8 Å². The van der Waals surface area contributed by atoms with Gasteiger partial charge in [0.15, 0.2) is 0 Å². The molecule has 178 valence electrons. The van der Waals surface area contributed by atoms with Gasteiger partial charge in [-0.1, -0.05) is 79.7 Å². The molecule has 2 aromatic rings. The van der Waals surface area contributed by atoms with Gasteiger partial charge in [-0.15, -0.1) is 0 Å². The van der Waals surface area contributed by atoms with Gasteiger partial charge in [0.1, 0.15) is 11.5 Å². The van der Waals surface area contributed by atoms with E-state index < -0.39 is 7.60 Å². The van der Waals surface area contributed by atoms with E-state index >= 15 is 0 Å². The molecule has 0 aliphatic heterocycles. The zero-order valence-corrected chi connectivity index (χ0v) is 22.2. The summed E-state index contributed by atoms with van der Waals surface area (Å²) in [6, 6.07) is 15.9. The summed E-state index contributed by atoms with van der Waals surface area (Å²) in [5.74, 6) is 2.38. The smallest absolute Gasteiger partial charge is 0.416 e. The van der Waals surface area contributed by atoms with Crippen LogP contribution in [0.3, 0.4) is 0 Å². The normalized spacial score (nSPS) is 15.1. The molecule has 2 rings (SSSR count). The SMILES string of the molecule is CC[C@H](C)c1ccc(OP(=O)(C[C@H](C)CC(C)(C)C)Oc2ccc([C@@H](C)CC)cc2)cc1. The molecule has 0 saturated carbocycles. The lowest BCUT2D eigenvalue weighted by Gasteiger charge is -2.27. The van der Waals surface area contributed by atoms with E-state index in [-0.39, 0.29) is 11.3 Å². The topological polar surface area (TPSA) is 35.5 Å². The molecule has 3 atom stereocenters. The van der Waals surface area contributed by atoms with Gasteiger partial charge in [0.25, 0.3) is 0 Å². The summed E-state index contributed by atoms with van der Waals surface area (Å²) in [7, 11) is -3.40. The molecule has 0 unspecified atom stereocenters. The first-order chi connectivity index (χ1) is 14.9. The largest absolute Gasteiger partial charge is 0.430 e. The van der Waals surface area contributed by atoms with Crippen molar-refractivity contribution < 1.29 is 13.6 Å². The maximum atomic E-state index is 14.0. The molecule has 0 saturated heterocycles. The lowest BCUT2D eigenvalue weighted by molar-refractivity contribution is 0.308. The fourth-order valence-electron chi connectivity index (χ4n) is 4.09. The van der Waals surface area contributed by atoms with Gasteiger partial charge in [0.05, 0.1) is 6.16 Å². The Morgan fingerprint density at radius 2 is 1.12 bits per heavy atom. The van der Waals surface area contributed by atoms with Gasteiger partial charge < -0.3 is 9.05 Å². The molecule has 2 aromatic carbocycles. The third-order valence-corrected chi connectivity index (χ3v) is 8.16. The predicted octanol–water partition coefficient (Wildman–Crippen LogP) is 9.44. The highest BCUT2D eigenvalue weighted by Gasteiger charge is 2.32. The van der Waals surface area contributed by atoms with Crippen molar-refractivity contribution in [2.75, 3.05) is 6.16 Å². The zero-order chi connectivity index (χ0) is 23.9. The van der Waals surface area contributed by atoms with Crippen LogP contribution >= 0.6 is 7.60 Å². The first kappa shape index (κ1) is 26.5. The fourth-order valence-corrected chi connectivity index (χ4v) is 6.06. The first-order valence-electron chi connectivity index (χ1n) is 12.1. The van der Waals surface area contributed by atoms with Crippen LogP contribution < -0.4 is 9.05 Å². The van der Waals surface area contributed by atoms with Gasteiger partial charge in [0, 0.05) is 0 Å². The van der Waals surface area contributed by atoms with Gasteiger partial charge in [-0.2, -0.15) is 0 Å². The average molecular weight is 459 g/mol. The van der Waals surface area contributed by atoms with Gasteiger partial charge in [0.2, 0.25) is 0 Å². The van der Waals surface area contributed by atoms with Crippen molar-refractivity contribution in [3.8, 4) is 11.5 Å². The predicted molar refractivity (Wildman–Crippen MR) is 137 cm³/mol. The lowest BCUT2D eigenvalue weighted by atomic mass is 9.86. The van der Waals surface area contributed by atoms with Crippen LogP contribution in [0.5, 0.6) is 11.5 Å². The third kappa shape index (κ3) is 8.32. The van der Waals surface area contributed by atoms with Crippen molar-refractivity contribution in [1.82, 2.24) is 0 Å². The summed E-state index contributed by atoms with van der Waals surface area (Å²) in [4.78, 5) is 0. The Morgan fingerprint density at radius 1 is 0.750 bits per heavy atom. The van der Waals surface area contributed by atoms with E-state index in [0.29, 0.717) is 29.5 Å². The molecule has 0 N–H and O–H groups in total. The Kier molecular flexibility index (Phi) is 9.46. The monoisotopic (exact) mass is 458 g/mol. The van der Waals surface area contributed by atoms with Crippen molar-refractivity contribution in [2.45, 2.75) is 86.5 Å². The Morgan fingerprint density at radius 3 is 1.44 bits per heavy atom. The highest BCUT2D eigenvalue weighted by molar-refractivity contribution is 7.54. The third-order valence-electron chi connectivity index (χ3n) is 6.11. The number of hydrogen-bond acceptors (Lipinski definition) is 3. The number of benzene rings is 2. The van der Waals surface area contributed by atoms with Gasteiger partial charge >= 0.3 is 7.60 Å². The Bertz CT molecular complexity index is 806. The van der Waals surface area contributed by atoms with Crippen molar-refractivity contribution in [2.24, 2.45) is 11.3 Å². The number of hydrogen-bond donors (Lipinski definition) is 0. The molecular formula is C28H43O3P. The summed E-state index contributed by atoms with van der Waals surface area (Å²) in [5.41, 5.74) is 2.68. The molecule has 4 heteroatoms. The van der Waals surface area contributed by atoms with Crippen molar-refractivity contribution >= 4 is 7.60 Å². The Hall–Kier alpha value is -1.73. The molecule has 0 radical (unpaired) electrons. The minimum absolute atomic E-state index is 0.153. The first-order valence-corrected chi connectivity index (χ1v) is 13.9. The van der Waals surface area contributed by atoms with Crippen LogP contribution in [0.2, 0.25) is 0 Å². The average Bonchev–Trinajstić information content (AvgIpc) is 2.71. The van der Waals surface area contributed by atoms with Crippen molar-refractivity contribution in [3.05, 3.63) is 59.7 Å². The van der Waals surface area contributed by atoms with E-state index in [0.717, 1.165) is 19.3 Å². The van der Waals surface area contributed by atoms with E-state index in [9.17, 15) is 4.57 Å². The molecule has 0 aliphatic rings. The van der Waals surface area contributed by atoms with Crippen molar-refractivity contribution in [3.63, 3.8) is 0 Å². The molecule has 0 amide bonds. The second kappa shape index (κ2) is 11.4. The lowest BCUT2D eigenvalue weighted by Crippen LogP contribution is -2.17. The highest BCUT2D eigenvalue weighted by Crippen LogP contribution is 2.51. The maximum Gasteiger partial charge on any atom is 0.430 e. The molecule has 3 nitrogen and oxygen atoms in total. The van der Waals surface area contributed by atoms with Gasteiger partial charge in [-0.25, -0.2) is 4.57 Å². The Labute approximate surface area is 196 Å². The maximum absolute atomic E-state index is 14.0. The zero-order valence-electron chi connectivity index (χ0n) is 21.4. The molecule has 0 spiro atoms. The van der Waals surface area contributed by atoms with Crippen LogP contribution in [-0.4, -0.2) is 6.16 Å². The molecule has 0 fully saturated rings. The summed E-state index contributed by atoms with van der Waals surface area (Å²) in [6.07, 6.45) is 3.49. The van der Waals surface area contributed by atoms with Crippen LogP contribution in [0.4, 0.5) is 0 Å². The standard InChI is InChI=1S/C28H43O3P/c1-9-22(4)24-11-15-26(16-12-24)30-32(29,20-21(3)19-28(6,7)8)31-27-17-13-25(14-18-27)23(5)10-2/h11-18,21-23H,9-10,19-20H2,1-8H3/t21-,22+,23+/m1/s1. The van der Waals surface area contributed by atoms with E-state index in [1.54, 1.807) is 0 Å². The van der Waals surface area contributed by atoms with E-state index in [2.05, 4.69) is 79.7 Å². The second-order valence-corrected chi connectivity index (χ2v) is 12.6. The second-order valence-electron chi connectivity index (χ2n) is 10.6. The molecule has 0 heterocycles. The minimum Gasteiger partial charge on any atom is -0.416 e.